The van der Waals surface area contributed by atoms with Gasteiger partial charge in [-0.1, -0.05) is 0 Å². The maximum Gasteiger partial charge on any atom is 0.0120 e. The highest BCUT2D eigenvalue weighted by Gasteiger charge is 2.24. The Morgan fingerprint density at radius 1 is 1.00 bits per heavy atom. The number of nitrogens with one attached hydrogen (secondary N) is 1. The molecule has 2 aliphatic heterocycles. The quantitative estimate of drug-likeness (QED) is 0.691. The van der Waals surface area contributed by atoms with Crippen LogP contribution in [0.1, 0.15) is 26.2 Å². The molecule has 15 heavy (non-hydrogen) atoms. The van der Waals surface area contributed by atoms with Gasteiger partial charge in [0, 0.05) is 25.2 Å². The van der Waals surface area contributed by atoms with Gasteiger partial charge in [-0.25, -0.2) is 0 Å². The Bertz CT molecular complexity index is 177. The molecule has 0 aliphatic carbocycles. The van der Waals surface area contributed by atoms with Gasteiger partial charge < -0.3 is 10.2 Å². The monoisotopic (exact) mass is 211 g/mol. The summed E-state index contributed by atoms with van der Waals surface area (Å²) in [5, 5.41) is 3.45. The minimum Gasteiger partial charge on any atom is -0.317 e. The van der Waals surface area contributed by atoms with Gasteiger partial charge in [-0.15, -0.1) is 0 Å². The maximum atomic E-state index is 3.45. The van der Waals surface area contributed by atoms with Crippen LogP contribution in [0.15, 0.2) is 0 Å². The lowest BCUT2D eigenvalue weighted by Crippen LogP contribution is -2.44. The summed E-state index contributed by atoms with van der Waals surface area (Å²) in [5.74, 6) is 0. The van der Waals surface area contributed by atoms with Crippen LogP contribution in [0.2, 0.25) is 0 Å². The number of rotatable bonds is 1. The van der Waals surface area contributed by atoms with Crippen molar-refractivity contribution in [3.8, 4) is 0 Å². The van der Waals surface area contributed by atoms with E-state index in [1.165, 1.54) is 52.0 Å². The molecule has 0 aromatic carbocycles. The number of likely N-dealkylation sites (N-methyl/N-ethyl adjacent to an activating group) is 1. The lowest BCUT2D eigenvalue weighted by Gasteiger charge is -2.33. The van der Waals surface area contributed by atoms with E-state index in [0.29, 0.717) is 0 Å². The van der Waals surface area contributed by atoms with Gasteiger partial charge in [0.2, 0.25) is 0 Å². The summed E-state index contributed by atoms with van der Waals surface area (Å²) in [6.07, 6.45) is 4.02. The van der Waals surface area contributed by atoms with Crippen LogP contribution in [0.25, 0.3) is 0 Å². The molecule has 3 nitrogen and oxygen atoms in total. The highest BCUT2D eigenvalue weighted by Crippen LogP contribution is 2.16. The predicted octanol–water partition coefficient (Wildman–Crippen LogP) is 0.764. The number of hydrogen-bond donors (Lipinski definition) is 1. The summed E-state index contributed by atoms with van der Waals surface area (Å²) in [5.41, 5.74) is 0. The third-order valence-electron chi connectivity index (χ3n) is 4.15. The minimum atomic E-state index is 0.761. The van der Waals surface area contributed by atoms with Crippen molar-refractivity contribution < 1.29 is 0 Å². The van der Waals surface area contributed by atoms with Crippen molar-refractivity contribution in [2.75, 3.05) is 39.8 Å². The first kappa shape index (κ1) is 11.4. The first-order valence-electron chi connectivity index (χ1n) is 6.42. The van der Waals surface area contributed by atoms with E-state index in [1.807, 2.05) is 0 Å². The molecule has 0 amide bonds. The molecule has 1 atom stereocenters. The van der Waals surface area contributed by atoms with Gasteiger partial charge in [0.1, 0.15) is 0 Å². The molecule has 0 spiro atoms. The third-order valence-corrected chi connectivity index (χ3v) is 4.15. The van der Waals surface area contributed by atoms with Gasteiger partial charge in [-0.05, 0) is 52.9 Å². The summed E-state index contributed by atoms with van der Waals surface area (Å²) in [6, 6.07) is 1.61. The molecule has 2 rings (SSSR count). The second-order valence-electron chi connectivity index (χ2n) is 5.14. The summed E-state index contributed by atoms with van der Waals surface area (Å²) in [7, 11) is 2.26. The molecule has 88 valence electrons. The van der Waals surface area contributed by atoms with Crippen molar-refractivity contribution in [2.45, 2.75) is 38.3 Å². The van der Waals surface area contributed by atoms with Crippen LogP contribution >= 0.6 is 0 Å². The number of hydrogen-bond acceptors (Lipinski definition) is 3. The Labute approximate surface area is 93.8 Å². The summed E-state index contributed by atoms with van der Waals surface area (Å²) in [4.78, 5) is 5.22. The Morgan fingerprint density at radius 2 is 1.73 bits per heavy atom. The molecule has 0 aromatic rings. The zero-order valence-electron chi connectivity index (χ0n) is 10.2. The fourth-order valence-electron chi connectivity index (χ4n) is 2.73. The highest BCUT2D eigenvalue weighted by molar-refractivity contribution is 4.82. The fraction of sp³-hybridized carbons (Fsp3) is 1.00. The minimum absolute atomic E-state index is 0.761. The zero-order chi connectivity index (χ0) is 10.7. The van der Waals surface area contributed by atoms with Crippen LogP contribution < -0.4 is 5.32 Å². The van der Waals surface area contributed by atoms with E-state index in [1.54, 1.807) is 0 Å². The normalized spacial score (nSPS) is 32.8. The largest absolute Gasteiger partial charge is 0.317 e. The zero-order valence-corrected chi connectivity index (χ0v) is 10.2. The molecule has 1 N–H and O–H groups in total. The molecule has 1 unspecified atom stereocenters. The Hall–Kier alpha value is -0.120. The fourth-order valence-corrected chi connectivity index (χ4v) is 2.73. The second-order valence-corrected chi connectivity index (χ2v) is 5.14. The first-order valence-corrected chi connectivity index (χ1v) is 6.42. The van der Waals surface area contributed by atoms with Crippen LogP contribution in [0, 0.1) is 0 Å². The van der Waals surface area contributed by atoms with E-state index in [-0.39, 0.29) is 0 Å². The van der Waals surface area contributed by atoms with Gasteiger partial charge in [-0.3, -0.25) is 4.90 Å². The predicted molar refractivity (Wildman–Crippen MR) is 64.2 cm³/mol. The first-order chi connectivity index (χ1) is 7.27. The van der Waals surface area contributed by atoms with Crippen LogP contribution in [-0.2, 0) is 0 Å². The summed E-state index contributed by atoms with van der Waals surface area (Å²) in [6.45, 7) is 8.60. The second kappa shape index (κ2) is 5.28. The molecule has 0 bridgehead atoms. The van der Waals surface area contributed by atoms with Gasteiger partial charge in [-0.2, -0.15) is 0 Å². The molecule has 3 heteroatoms. The Morgan fingerprint density at radius 3 is 2.47 bits per heavy atom. The molecule has 0 saturated carbocycles. The van der Waals surface area contributed by atoms with E-state index in [0.717, 1.165) is 12.1 Å². The van der Waals surface area contributed by atoms with E-state index in [4.69, 9.17) is 0 Å². The highest BCUT2D eigenvalue weighted by atomic mass is 15.2. The lowest BCUT2D eigenvalue weighted by molar-refractivity contribution is 0.167. The van der Waals surface area contributed by atoms with Gasteiger partial charge in [0.15, 0.2) is 0 Å². The van der Waals surface area contributed by atoms with E-state index < -0.39 is 0 Å². The molecule has 2 fully saturated rings. The number of piperidine rings is 1. The van der Waals surface area contributed by atoms with Crippen LogP contribution in [0.4, 0.5) is 0 Å². The molecule has 2 aliphatic rings. The Balaban J connectivity index is 1.86. The van der Waals surface area contributed by atoms with Crippen molar-refractivity contribution in [1.29, 1.82) is 0 Å². The van der Waals surface area contributed by atoms with Crippen molar-refractivity contribution in [3.63, 3.8) is 0 Å². The van der Waals surface area contributed by atoms with Crippen molar-refractivity contribution in [2.24, 2.45) is 0 Å². The Kier molecular flexibility index (Phi) is 4.00. The summed E-state index contributed by atoms with van der Waals surface area (Å²) >= 11 is 0. The third kappa shape index (κ3) is 2.92. The average molecular weight is 211 g/mol. The standard InChI is InChI=1S/C12H25N3/c1-11-5-8-15(10-9-14(11)2)12-3-6-13-7-4-12/h11-13H,3-10H2,1-2H3. The van der Waals surface area contributed by atoms with Gasteiger partial charge in [0.05, 0.1) is 0 Å². The maximum absolute atomic E-state index is 3.45. The van der Waals surface area contributed by atoms with E-state index >= 15 is 0 Å². The molecular weight excluding hydrogens is 186 g/mol. The van der Waals surface area contributed by atoms with Gasteiger partial charge in [0.25, 0.3) is 0 Å². The van der Waals surface area contributed by atoms with E-state index in [2.05, 4.69) is 29.1 Å². The molecule has 2 heterocycles. The van der Waals surface area contributed by atoms with Crippen LogP contribution in [0.3, 0.4) is 0 Å². The molecule has 2 saturated heterocycles. The van der Waals surface area contributed by atoms with Crippen LogP contribution in [0.5, 0.6) is 0 Å². The smallest absolute Gasteiger partial charge is 0.0120 e. The SMILES string of the molecule is CC1CCN(C2CCNCC2)CCN1C. The number of nitrogens with zero attached hydrogens (tertiary/aromatic N) is 2. The molecular formula is C12H25N3. The van der Waals surface area contributed by atoms with Gasteiger partial charge >= 0.3 is 0 Å². The molecule has 0 aromatic heterocycles. The van der Waals surface area contributed by atoms with Crippen molar-refractivity contribution in [3.05, 3.63) is 0 Å². The lowest BCUT2D eigenvalue weighted by atomic mass is 10.0. The van der Waals surface area contributed by atoms with Crippen molar-refractivity contribution in [1.82, 2.24) is 15.1 Å². The topological polar surface area (TPSA) is 18.5 Å². The average Bonchev–Trinajstić information content (AvgIpc) is 2.44. The van der Waals surface area contributed by atoms with E-state index in [9.17, 15) is 0 Å². The summed E-state index contributed by atoms with van der Waals surface area (Å²) < 4.78 is 0. The molecule has 0 radical (unpaired) electrons. The van der Waals surface area contributed by atoms with Crippen molar-refractivity contribution >= 4 is 0 Å². The van der Waals surface area contributed by atoms with Crippen LogP contribution in [-0.4, -0.2) is 61.7 Å².